The van der Waals surface area contributed by atoms with Gasteiger partial charge in [0.05, 0.1) is 27.8 Å². The molecule has 0 fully saturated rings. The normalized spacial score (nSPS) is 9.14. The number of ether oxygens (including phenoxy) is 1. The Bertz CT molecular complexity index is 1160. The maximum atomic E-state index is 5.61. The minimum Gasteiger partial charge on any atom is -0.379 e. The van der Waals surface area contributed by atoms with Gasteiger partial charge in [-0.05, 0) is 60.4 Å². The Kier molecular flexibility index (Phi) is 8.69. The molecule has 0 N–H and O–H groups in total. The first-order chi connectivity index (χ1) is 14.3. The second-order valence-electron chi connectivity index (χ2n) is 5.65. The number of hydrogen-bond donors (Lipinski definition) is 0. The van der Waals surface area contributed by atoms with Gasteiger partial charge in [0.1, 0.15) is 0 Å². The monoisotopic (exact) mass is 430 g/mol. The molecule has 0 saturated heterocycles. The van der Waals surface area contributed by atoms with Crippen LogP contribution in [-0.2, 0) is 4.74 Å². The zero-order chi connectivity index (χ0) is 20.2. The molecule has 0 atom stereocenters. The van der Waals surface area contributed by atoms with Crippen LogP contribution in [0.25, 0.3) is 9.75 Å². The maximum absolute atomic E-state index is 5.61. The summed E-state index contributed by atoms with van der Waals surface area (Å²) in [5.74, 6) is 24.0. The van der Waals surface area contributed by atoms with Crippen LogP contribution in [0.4, 0.5) is 0 Å². The highest BCUT2D eigenvalue weighted by atomic mass is 32.1. The van der Waals surface area contributed by atoms with E-state index in [2.05, 4.69) is 77.0 Å². The predicted octanol–water partition coefficient (Wildman–Crippen LogP) is 6.11. The first-order valence-electron chi connectivity index (χ1n) is 9.07. The standard InChI is InChI=1S/C25H18OS3/c1-2-3-4-10-21-14-15-22(28-21)11-5-7-18-26-19-8-6-12-23-16-17-25(29-23)24-13-9-20-27-24/h9,13-17,20H,7-8,18-19H2,1H3. The van der Waals surface area contributed by atoms with Crippen molar-refractivity contribution in [2.75, 3.05) is 13.2 Å². The van der Waals surface area contributed by atoms with Gasteiger partial charge in [-0.2, -0.15) is 0 Å². The van der Waals surface area contributed by atoms with Crippen molar-refractivity contribution in [3.8, 4) is 57.1 Å². The minimum atomic E-state index is 0.625. The zero-order valence-electron chi connectivity index (χ0n) is 16.0. The van der Waals surface area contributed by atoms with Crippen molar-refractivity contribution in [1.82, 2.24) is 0 Å². The molecule has 4 heteroatoms. The third kappa shape index (κ3) is 7.33. The molecule has 0 aliphatic heterocycles. The van der Waals surface area contributed by atoms with Crippen LogP contribution in [0.3, 0.4) is 0 Å². The second kappa shape index (κ2) is 12.0. The van der Waals surface area contributed by atoms with Crippen molar-refractivity contribution in [3.63, 3.8) is 0 Å². The van der Waals surface area contributed by atoms with Gasteiger partial charge < -0.3 is 4.74 Å². The molecule has 0 aromatic carbocycles. The van der Waals surface area contributed by atoms with Gasteiger partial charge in [0, 0.05) is 22.6 Å². The predicted molar refractivity (Wildman–Crippen MR) is 126 cm³/mol. The smallest absolute Gasteiger partial charge is 0.0792 e. The lowest BCUT2D eigenvalue weighted by Crippen LogP contribution is -1.94. The van der Waals surface area contributed by atoms with Crippen LogP contribution in [0.1, 0.15) is 34.4 Å². The summed E-state index contributed by atoms with van der Waals surface area (Å²) >= 11 is 5.07. The van der Waals surface area contributed by atoms with Gasteiger partial charge in [-0.15, -0.1) is 34.0 Å². The van der Waals surface area contributed by atoms with Gasteiger partial charge >= 0.3 is 0 Å². The summed E-state index contributed by atoms with van der Waals surface area (Å²) in [6.45, 7) is 3.04. The highest BCUT2D eigenvalue weighted by molar-refractivity contribution is 7.21. The lowest BCUT2D eigenvalue weighted by molar-refractivity contribution is 0.146. The van der Waals surface area contributed by atoms with Crippen LogP contribution in [0.5, 0.6) is 0 Å². The van der Waals surface area contributed by atoms with Crippen molar-refractivity contribution in [2.45, 2.75) is 19.8 Å². The first-order valence-corrected chi connectivity index (χ1v) is 11.6. The Labute approximate surface area is 184 Å². The summed E-state index contributed by atoms with van der Waals surface area (Å²) in [5.41, 5.74) is 0. The molecular weight excluding hydrogens is 412 g/mol. The Hall–Kier alpha value is -2.70. The summed E-state index contributed by atoms with van der Waals surface area (Å²) in [7, 11) is 0. The van der Waals surface area contributed by atoms with E-state index < -0.39 is 0 Å². The molecule has 0 unspecified atom stereocenters. The lowest BCUT2D eigenvalue weighted by atomic mass is 10.3. The van der Waals surface area contributed by atoms with E-state index in [0.717, 1.165) is 21.1 Å². The summed E-state index contributed by atoms with van der Waals surface area (Å²) in [6, 6.07) is 12.4. The largest absolute Gasteiger partial charge is 0.379 e. The lowest BCUT2D eigenvalue weighted by Gasteiger charge is -1.96. The van der Waals surface area contributed by atoms with E-state index in [4.69, 9.17) is 4.74 Å². The highest BCUT2D eigenvalue weighted by Gasteiger charge is 2.01. The molecule has 0 aliphatic rings. The Balaban J connectivity index is 1.32. The Morgan fingerprint density at radius 2 is 1.45 bits per heavy atom. The minimum absolute atomic E-state index is 0.625. The number of rotatable bonds is 5. The van der Waals surface area contributed by atoms with Crippen molar-refractivity contribution in [3.05, 3.63) is 56.4 Å². The van der Waals surface area contributed by atoms with Crippen LogP contribution >= 0.6 is 34.0 Å². The number of thiophene rings is 3. The maximum Gasteiger partial charge on any atom is 0.0792 e. The fourth-order valence-corrected chi connectivity index (χ4v) is 4.68. The van der Waals surface area contributed by atoms with Crippen molar-refractivity contribution in [1.29, 1.82) is 0 Å². The molecule has 0 spiro atoms. The Morgan fingerprint density at radius 3 is 2.14 bits per heavy atom. The van der Waals surface area contributed by atoms with E-state index in [-0.39, 0.29) is 0 Å². The van der Waals surface area contributed by atoms with Gasteiger partial charge in [-0.3, -0.25) is 0 Å². The van der Waals surface area contributed by atoms with E-state index in [1.165, 1.54) is 9.75 Å². The van der Waals surface area contributed by atoms with E-state index in [1.807, 2.05) is 12.1 Å². The van der Waals surface area contributed by atoms with Crippen LogP contribution in [0.15, 0.2) is 41.8 Å². The molecular formula is C25H18OS3. The summed E-state index contributed by atoms with van der Waals surface area (Å²) < 4.78 is 5.61. The fraction of sp³-hybridized carbons (Fsp3) is 0.200. The second-order valence-corrected chi connectivity index (χ2v) is 8.76. The molecule has 3 aromatic heterocycles. The molecule has 3 heterocycles. The van der Waals surface area contributed by atoms with E-state index in [9.17, 15) is 0 Å². The highest BCUT2D eigenvalue weighted by Crippen LogP contribution is 2.30. The van der Waals surface area contributed by atoms with Gasteiger partial charge in [0.15, 0.2) is 0 Å². The molecule has 142 valence electrons. The summed E-state index contributed by atoms with van der Waals surface area (Å²) in [4.78, 5) is 5.67. The van der Waals surface area contributed by atoms with Crippen LogP contribution in [-0.4, -0.2) is 13.2 Å². The molecule has 29 heavy (non-hydrogen) atoms. The average molecular weight is 431 g/mol. The summed E-state index contributed by atoms with van der Waals surface area (Å²) in [6.07, 6.45) is 1.44. The molecule has 3 rings (SSSR count). The van der Waals surface area contributed by atoms with Crippen molar-refractivity contribution in [2.24, 2.45) is 0 Å². The molecule has 0 bridgehead atoms. The molecule has 3 aromatic rings. The Morgan fingerprint density at radius 1 is 0.759 bits per heavy atom. The topological polar surface area (TPSA) is 9.23 Å². The molecule has 0 amide bonds. The fourth-order valence-electron chi connectivity index (χ4n) is 2.23. The SMILES string of the molecule is CC#CC#Cc1ccc(C#CCCOCCC#Cc2ccc(-c3cccs3)s2)s1. The molecule has 1 nitrogen and oxygen atoms in total. The van der Waals surface area contributed by atoms with Crippen LogP contribution in [0, 0.1) is 47.4 Å². The molecule has 0 aliphatic carbocycles. The molecule has 0 radical (unpaired) electrons. The zero-order valence-corrected chi connectivity index (χ0v) is 18.5. The average Bonchev–Trinajstić information content (AvgIpc) is 3.48. The van der Waals surface area contributed by atoms with Crippen LogP contribution < -0.4 is 0 Å². The number of hydrogen-bond acceptors (Lipinski definition) is 4. The van der Waals surface area contributed by atoms with Gasteiger partial charge in [-0.25, -0.2) is 0 Å². The third-order valence-corrected chi connectivity index (χ3v) is 6.50. The molecule has 0 saturated carbocycles. The van der Waals surface area contributed by atoms with Gasteiger partial charge in [-0.1, -0.05) is 35.7 Å². The van der Waals surface area contributed by atoms with Gasteiger partial charge in [0.25, 0.3) is 0 Å². The van der Waals surface area contributed by atoms with E-state index in [1.54, 1.807) is 40.9 Å². The van der Waals surface area contributed by atoms with Crippen molar-refractivity contribution < 1.29 is 4.74 Å². The van der Waals surface area contributed by atoms with Gasteiger partial charge in [0.2, 0.25) is 0 Å². The third-order valence-electron chi connectivity index (χ3n) is 3.52. The van der Waals surface area contributed by atoms with E-state index in [0.29, 0.717) is 19.6 Å². The summed E-state index contributed by atoms with van der Waals surface area (Å²) in [5, 5.41) is 2.10. The van der Waals surface area contributed by atoms with E-state index >= 15 is 0 Å². The first kappa shape index (κ1) is 21.0. The van der Waals surface area contributed by atoms with Crippen molar-refractivity contribution >= 4 is 34.0 Å². The quantitative estimate of drug-likeness (QED) is 0.350. The van der Waals surface area contributed by atoms with Crippen LogP contribution in [0.2, 0.25) is 0 Å².